The Labute approximate surface area is 146 Å². The van der Waals surface area contributed by atoms with E-state index in [0.29, 0.717) is 11.7 Å². The predicted octanol–water partition coefficient (Wildman–Crippen LogP) is 2.06. The molecule has 132 valence electrons. The maximum Gasteiger partial charge on any atom is 0.275 e. The molecule has 2 heterocycles. The molecule has 10 heteroatoms. The Morgan fingerprint density at radius 2 is 2.12 bits per heavy atom. The number of carbonyl (C=O) groups is 1. The van der Waals surface area contributed by atoms with Crippen LogP contribution in [0, 0.1) is 5.82 Å². The molecule has 0 radical (unpaired) electrons. The lowest BCUT2D eigenvalue weighted by atomic mass is 10.3. The largest absolute Gasteiger partial charge is 0.768 e. The lowest BCUT2D eigenvalue weighted by molar-refractivity contribution is 0.101. The highest BCUT2D eigenvalue weighted by molar-refractivity contribution is 7.79. The van der Waals surface area contributed by atoms with E-state index in [9.17, 15) is 17.9 Å². The van der Waals surface area contributed by atoms with E-state index < -0.39 is 33.4 Å². The Balaban J connectivity index is 0.000000648. The summed E-state index contributed by atoms with van der Waals surface area (Å²) in [4.78, 5) is 15.1. The number of nitrogens with one attached hydrogen (secondary N) is 1. The van der Waals surface area contributed by atoms with Crippen LogP contribution in [-0.2, 0) is 18.1 Å². The van der Waals surface area contributed by atoms with E-state index in [1.54, 1.807) is 0 Å². The zero-order valence-corrected chi connectivity index (χ0v) is 14.8. The molecular weight excluding hydrogens is 359 g/mol. The molecule has 24 heavy (non-hydrogen) atoms. The van der Waals surface area contributed by atoms with Crippen molar-refractivity contribution >= 4 is 34.3 Å². The Kier molecular flexibility index (Phi) is 7.49. The average Bonchev–Trinajstić information content (AvgIpc) is 2.73. The molecule has 0 bridgehead atoms. The van der Waals surface area contributed by atoms with E-state index in [0.717, 1.165) is 10.8 Å². The molecule has 0 saturated heterocycles. The van der Waals surface area contributed by atoms with E-state index in [1.807, 2.05) is 13.8 Å². The van der Waals surface area contributed by atoms with Crippen LogP contribution in [0.1, 0.15) is 24.3 Å². The van der Waals surface area contributed by atoms with Crippen LogP contribution in [0.3, 0.4) is 0 Å². The Hall–Kier alpha value is -1.81. The van der Waals surface area contributed by atoms with Crippen LogP contribution in [0.4, 0.5) is 10.1 Å². The van der Waals surface area contributed by atoms with Crippen molar-refractivity contribution in [2.45, 2.75) is 24.8 Å². The molecule has 2 aromatic rings. The Bertz CT molecular complexity index is 749. The van der Waals surface area contributed by atoms with Crippen molar-refractivity contribution in [1.29, 1.82) is 0 Å². The SMILES string of the molecule is CC(C)N.Cn1cc(S(=O)[O-])c(F)c1C(=O)Nc1ccnc(Cl)c1. The number of hydrogen-bond acceptors (Lipinski definition) is 5. The number of rotatable bonds is 3. The van der Waals surface area contributed by atoms with Crippen LogP contribution in [0.25, 0.3) is 0 Å². The summed E-state index contributed by atoms with van der Waals surface area (Å²) in [6, 6.07) is 3.18. The molecule has 1 unspecified atom stereocenters. The molecule has 2 aromatic heterocycles. The second-order valence-corrected chi connectivity index (χ2v) is 6.36. The normalized spacial score (nSPS) is 11.7. The number of carbonyl (C=O) groups excluding carboxylic acids is 1. The van der Waals surface area contributed by atoms with Gasteiger partial charge < -0.3 is 20.2 Å². The first-order valence-corrected chi connectivity index (χ1v) is 8.21. The third kappa shape index (κ3) is 5.68. The van der Waals surface area contributed by atoms with E-state index in [-0.39, 0.29) is 5.15 Å². The van der Waals surface area contributed by atoms with Crippen LogP contribution in [0.5, 0.6) is 0 Å². The molecular formula is C14H17ClFN4O3S-. The van der Waals surface area contributed by atoms with Crippen molar-refractivity contribution < 1.29 is 17.9 Å². The zero-order chi connectivity index (χ0) is 18.4. The zero-order valence-electron chi connectivity index (χ0n) is 13.2. The minimum atomic E-state index is -2.75. The number of aromatic nitrogens is 2. The van der Waals surface area contributed by atoms with E-state index >= 15 is 0 Å². The highest BCUT2D eigenvalue weighted by Gasteiger charge is 2.21. The second-order valence-electron chi connectivity index (χ2n) is 5.07. The van der Waals surface area contributed by atoms with E-state index in [4.69, 9.17) is 17.3 Å². The summed E-state index contributed by atoms with van der Waals surface area (Å²) in [5, 5.41) is 2.57. The fraction of sp³-hybridized carbons (Fsp3) is 0.286. The maximum absolute atomic E-state index is 13.9. The summed E-state index contributed by atoms with van der Waals surface area (Å²) in [5.74, 6) is -1.89. The second kappa shape index (κ2) is 8.88. The molecule has 0 fully saturated rings. The van der Waals surface area contributed by atoms with Crippen LogP contribution in [0.2, 0.25) is 5.15 Å². The Morgan fingerprint density at radius 3 is 2.58 bits per heavy atom. The van der Waals surface area contributed by atoms with Crippen LogP contribution in [-0.4, -0.2) is 30.3 Å². The van der Waals surface area contributed by atoms with E-state index in [2.05, 4.69) is 10.3 Å². The van der Waals surface area contributed by atoms with Crippen molar-refractivity contribution in [2.75, 3.05) is 5.32 Å². The van der Waals surface area contributed by atoms with Gasteiger partial charge in [0.1, 0.15) is 10.8 Å². The highest BCUT2D eigenvalue weighted by Crippen LogP contribution is 2.19. The highest BCUT2D eigenvalue weighted by atomic mass is 35.5. The summed E-state index contributed by atoms with van der Waals surface area (Å²) in [7, 11) is 1.37. The molecule has 0 aliphatic rings. The number of anilines is 1. The third-order valence-electron chi connectivity index (χ3n) is 2.47. The fourth-order valence-electron chi connectivity index (χ4n) is 1.62. The molecule has 1 atom stereocenters. The first-order valence-electron chi connectivity index (χ1n) is 6.76. The maximum atomic E-state index is 13.9. The van der Waals surface area contributed by atoms with Crippen LogP contribution in [0.15, 0.2) is 29.4 Å². The van der Waals surface area contributed by atoms with Gasteiger partial charge in [0, 0.05) is 25.1 Å². The van der Waals surface area contributed by atoms with Crippen LogP contribution < -0.4 is 11.1 Å². The minimum absolute atomic E-state index is 0.163. The topological polar surface area (TPSA) is 113 Å². The third-order valence-corrected chi connectivity index (χ3v) is 3.32. The van der Waals surface area contributed by atoms with Gasteiger partial charge in [0.05, 0.1) is 4.90 Å². The summed E-state index contributed by atoms with van der Waals surface area (Å²) >= 11 is 2.91. The molecule has 1 amide bonds. The van der Waals surface area contributed by atoms with Gasteiger partial charge in [0.15, 0.2) is 5.82 Å². The van der Waals surface area contributed by atoms with Gasteiger partial charge in [-0.15, -0.1) is 0 Å². The van der Waals surface area contributed by atoms with Gasteiger partial charge in [-0.25, -0.2) is 9.37 Å². The number of hydrogen-bond donors (Lipinski definition) is 2. The lowest BCUT2D eigenvalue weighted by Crippen LogP contribution is -2.17. The first kappa shape index (κ1) is 20.2. The number of nitrogens with zero attached hydrogens (tertiary/aromatic N) is 2. The van der Waals surface area contributed by atoms with Gasteiger partial charge in [-0.3, -0.25) is 9.00 Å². The molecule has 2 rings (SSSR count). The molecule has 0 aliphatic heterocycles. The van der Waals surface area contributed by atoms with Crippen molar-refractivity contribution in [3.8, 4) is 0 Å². The molecule has 3 N–H and O–H groups in total. The van der Waals surface area contributed by atoms with Gasteiger partial charge >= 0.3 is 0 Å². The summed E-state index contributed by atoms with van der Waals surface area (Å²) in [5.41, 5.74) is 5.04. The summed E-state index contributed by atoms with van der Waals surface area (Å²) in [6.45, 7) is 3.89. The Morgan fingerprint density at radius 1 is 1.54 bits per heavy atom. The van der Waals surface area contributed by atoms with Crippen molar-refractivity contribution in [3.05, 3.63) is 41.2 Å². The smallest absolute Gasteiger partial charge is 0.275 e. The number of amides is 1. The molecule has 0 aromatic carbocycles. The predicted molar refractivity (Wildman–Crippen MR) is 89.1 cm³/mol. The van der Waals surface area contributed by atoms with Gasteiger partial charge in [0.25, 0.3) is 5.91 Å². The molecule has 0 aliphatic carbocycles. The van der Waals surface area contributed by atoms with Gasteiger partial charge in [-0.1, -0.05) is 25.4 Å². The first-order chi connectivity index (χ1) is 11.1. The molecule has 0 spiro atoms. The van der Waals surface area contributed by atoms with Crippen molar-refractivity contribution in [2.24, 2.45) is 12.8 Å². The number of aryl methyl sites for hydroxylation is 1. The summed E-state index contributed by atoms with van der Waals surface area (Å²) in [6.07, 6.45) is 2.39. The minimum Gasteiger partial charge on any atom is -0.768 e. The molecule has 7 nitrogen and oxygen atoms in total. The van der Waals surface area contributed by atoms with Crippen LogP contribution >= 0.6 is 11.6 Å². The van der Waals surface area contributed by atoms with Gasteiger partial charge in [-0.05, 0) is 29.3 Å². The summed E-state index contributed by atoms with van der Waals surface area (Å²) < 4.78 is 36.6. The fourth-order valence-corrected chi connectivity index (χ4v) is 2.28. The number of pyridine rings is 1. The average molecular weight is 376 g/mol. The van der Waals surface area contributed by atoms with Gasteiger partial charge in [0.2, 0.25) is 0 Å². The van der Waals surface area contributed by atoms with Gasteiger partial charge in [-0.2, -0.15) is 0 Å². The monoisotopic (exact) mass is 375 g/mol. The quantitative estimate of drug-likeness (QED) is 0.629. The lowest BCUT2D eigenvalue weighted by Gasteiger charge is -2.06. The molecule has 0 saturated carbocycles. The standard InChI is InChI=1S/C11H9ClFN3O3S.C3H9N/c1-16-5-7(20(18)19)9(13)10(16)11(17)15-6-2-3-14-8(12)4-6;1-3(2)4/h2-5H,1H3,(H,18,19)(H,14,15,17);3H,4H2,1-2H3/p-1. The van der Waals surface area contributed by atoms with Crippen molar-refractivity contribution in [3.63, 3.8) is 0 Å². The van der Waals surface area contributed by atoms with E-state index in [1.165, 1.54) is 25.4 Å². The van der Waals surface area contributed by atoms with Crippen molar-refractivity contribution in [1.82, 2.24) is 9.55 Å². The number of nitrogens with two attached hydrogens (primary N) is 1. The number of halogens is 2.